The Hall–Kier alpha value is -1.35. The summed E-state index contributed by atoms with van der Waals surface area (Å²) < 4.78 is 0. The minimum absolute atomic E-state index is 0.0369. The molecular weight excluding hydrogens is 176 g/mol. The van der Waals surface area contributed by atoms with E-state index in [9.17, 15) is 4.79 Å². The lowest BCUT2D eigenvalue weighted by Crippen LogP contribution is -2.46. The fourth-order valence-electron chi connectivity index (χ4n) is 1.76. The maximum atomic E-state index is 11.3. The van der Waals surface area contributed by atoms with Crippen LogP contribution in [0.3, 0.4) is 0 Å². The molecule has 2 rings (SSSR count). The summed E-state index contributed by atoms with van der Waals surface area (Å²) in [7, 11) is 0. The van der Waals surface area contributed by atoms with Gasteiger partial charge in [-0.1, -0.05) is 30.3 Å². The molecule has 1 aliphatic heterocycles. The number of amides is 1. The largest absolute Gasteiger partial charge is 0.348 e. The number of nitrogens with two attached hydrogens (primary N) is 1. The molecule has 74 valence electrons. The van der Waals surface area contributed by atoms with Gasteiger partial charge in [0, 0.05) is 0 Å². The van der Waals surface area contributed by atoms with Crippen molar-refractivity contribution in [3.8, 4) is 0 Å². The van der Waals surface area contributed by atoms with Crippen molar-refractivity contribution in [1.82, 2.24) is 5.32 Å². The van der Waals surface area contributed by atoms with Gasteiger partial charge in [-0.25, -0.2) is 0 Å². The number of hydrogen-bond donors (Lipinski definition) is 2. The van der Waals surface area contributed by atoms with E-state index in [-0.39, 0.29) is 18.0 Å². The van der Waals surface area contributed by atoms with Crippen LogP contribution in [0.1, 0.15) is 24.4 Å². The van der Waals surface area contributed by atoms with E-state index in [4.69, 9.17) is 5.73 Å². The van der Waals surface area contributed by atoms with Crippen LogP contribution < -0.4 is 11.1 Å². The number of nitrogens with one attached hydrogen (secondary N) is 1. The van der Waals surface area contributed by atoms with Crippen LogP contribution in [0.5, 0.6) is 0 Å². The maximum absolute atomic E-state index is 11.3. The van der Waals surface area contributed by atoms with Crippen molar-refractivity contribution in [1.29, 1.82) is 0 Å². The Bertz CT molecular complexity index is 323. The third-order valence-electron chi connectivity index (χ3n) is 2.62. The summed E-state index contributed by atoms with van der Waals surface area (Å²) in [6.45, 7) is 0. The first-order valence-corrected chi connectivity index (χ1v) is 4.88. The quantitative estimate of drug-likeness (QED) is 0.693. The van der Waals surface area contributed by atoms with Crippen molar-refractivity contribution in [2.75, 3.05) is 0 Å². The van der Waals surface area contributed by atoms with E-state index in [2.05, 4.69) is 5.32 Å². The van der Waals surface area contributed by atoms with Crippen molar-refractivity contribution in [2.45, 2.75) is 24.9 Å². The second-order valence-corrected chi connectivity index (χ2v) is 3.66. The first-order chi connectivity index (χ1) is 6.77. The Kier molecular flexibility index (Phi) is 2.50. The normalized spacial score (nSPS) is 27.1. The topological polar surface area (TPSA) is 55.1 Å². The summed E-state index contributed by atoms with van der Waals surface area (Å²) >= 11 is 0. The van der Waals surface area contributed by atoms with Gasteiger partial charge >= 0.3 is 0 Å². The predicted molar refractivity (Wildman–Crippen MR) is 54.5 cm³/mol. The molecule has 0 aromatic heterocycles. The van der Waals surface area contributed by atoms with E-state index >= 15 is 0 Å². The van der Waals surface area contributed by atoms with Crippen LogP contribution in [-0.4, -0.2) is 11.9 Å². The fourth-order valence-corrected chi connectivity index (χ4v) is 1.76. The fraction of sp³-hybridized carbons (Fsp3) is 0.364. The van der Waals surface area contributed by atoms with Crippen LogP contribution in [0.4, 0.5) is 0 Å². The van der Waals surface area contributed by atoms with Crippen LogP contribution in [0, 0.1) is 0 Å². The van der Waals surface area contributed by atoms with E-state index in [1.165, 1.54) is 0 Å². The summed E-state index contributed by atoms with van der Waals surface area (Å²) in [5.74, 6) is -0.0369. The van der Waals surface area contributed by atoms with E-state index in [1.54, 1.807) is 0 Å². The highest BCUT2D eigenvalue weighted by Crippen LogP contribution is 2.22. The third kappa shape index (κ3) is 1.77. The molecule has 14 heavy (non-hydrogen) atoms. The Balaban J connectivity index is 2.11. The van der Waals surface area contributed by atoms with E-state index in [0.717, 1.165) is 18.4 Å². The average molecular weight is 190 g/mol. The zero-order valence-corrected chi connectivity index (χ0v) is 7.94. The van der Waals surface area contributed by atoms with Gasteiger partial charge in [0.15, 0.2) is 0 Å². The standard InChI is InChI=1S/C11H14N2O/c12-9-6-7-10(13-11(9)14)8-4-2-1-3-5-8/h1-5,9-10H,6-7,12H2,(H,13,14)/t9-,10+/m0/s1. The molecule has 1 aliphatic rings. The van der Waals surface area contributed by atoms with Gasteiger partial charge in [-0.15, -0.1) is 0 Å². The van der Waals surface area contributed by atoms with Gasteiger partial charge in [0.05, 0.1) is 12.1 Å². The highest BCUT2D eigenvalue weighted by molar-refractivity contribution is 5.82. The molecule has 1 aromatic rings. The summed E-state index contributed by atoms with van der Waals surface area (Å²) in [6, 6.07) is 9.81. The predicted octanol–water partition coefficient (Wildman–Crippen LogP) is 0.965. The lowest BCUT2D eigenvalue weighted by atomic mass is 9.95. The summed E-state index contributed by atoms with van der Waals surface area (Å²) in [6.07, 6.45) is 1.70. The summed E-state index contributed by atoms with van der Waals surface area (Å²) in [4.78, 5) is 11.3. The number of carbonyl (C=O) groups excluding carboxylic acids is 1. The first kappa shape index (κ1) is 9.21. The Morgan fingerprint density at radius 3 is 2.57 bits per heavy atom. The zero-order valence-electron chi connectivity index (χ0n) is 7.94. The summed E-state index contributed by atoms with van der Waals surface area (Å²) in [5, 5.41) is 2.92. The van der Waals surface area contributed by atoms with Crippen molar-refractivity contribution in [3.05, 3.63) is 35.9 Å². The highest BCUT2D eigenvalue weighted by atomic mass is 16.2. The first-order valence-electron chi connectivity index (χ1n) is 4.88. The maximum Gasteiger partial charge on any atom is 0.237 e. The number of piperidine rings is 1. The van der Waals surface area contributed by atoms with E-state index in [0.29, 0.717) is 0 Å². The van der Waals surface area contributed by atoms with E-state index in [1.807, 2.05) is 30.3 Å². The second kappa shape index (κ2) is 3.80. The van der Waals surface area contributed by atoms with Gasteiger partial charge < -0.3 is 11.1 Å². The van der Waals surface area contributed by atoms with Crippen LogP contribution in [0.15, 0.2) is 30.3 Å². The van der Waals surface area contributed by atoms with Gasteiger partial charge in [0.25, 0.3) is 0 Å². The van der Waals surface area contributed by atoms with Crippen LogP contribution in [-0.2, 0) is 4.79 Å². The van der Waals surface area contributed by atoms with Crippen LogP contribution in [0.2, 0.25) is 0 Å². The molecule has 3 N–H and O–H groups in total. The summed E-state index contributed by atoms with van der Waals surface area (Å²) in [5.41, 5.74) is 6.77. The van der Waals surface area contributed by atoms with Gasteiger partial charge in [0.2, 0.25) is 5.91 Å². The molecule has 2 atom stereocenters. The molecule has 3 nitrogen and oxygen atoms in total. The lowest BCUT2D eigenvalue weighted by Gasteiger charge is -2.27. The Morgan fingerprint density at radius 2 is 1.93 bits per heavy atom. The number of hydrogen-bond acceptors (Lipinski definition) is 2. The monoisotopic (exact) mass is 190 g/mol. The number of benzene rings is 1. The molecule has 0 bridgehead atoms. The molecule has 3 heteroatoms. The molecule has 0 unspecified atom stereocenters. The molecule has 1 aromatic carbocycles. The molecule has 0 spiro atoms. The van der Waals surface area contributed by atoms with Gasteiger partial charge in [-0.05, 0) is 18.4 Å². The van der Waals surface area contributed by atoms with Gasteiger partial charge in [-0.3, -0.25) is 4.79 Å². The molecule has 1 heterocycles. The van der Waals surface area contributed by atoms with Crippen molar-refractivity contribution < 1.29 is 4.79 Å². The van der Waals surface area contributed by atoms with Crippen LogP contribution in [0.25, 0.3) is 0 Å². The third-order valence-corrected chi connectivity index (χ3v) is 2.62. The Morgan fingerprint density at radius 1 is 1.21 bits per heavy atom. The average Bonchev–Trinajstić information content (AvgIpc) is 2.23. The minimum atomic E-state index is -0.324. The highest BCUT2D eigenvalue weighted by Gasteiger charge is 2.25. The molecule has 1 fully saturated rings. The SMILES string of the molecule is N[C@H]1CC[C@H](c2ccccc2)NC1=O. The molecule has 1 amide bonds. The molecular formula is C11H14N2O. The van der Waals surface area contributed by atoms with Gasteiger partial charge in [0.1, 0.15) is 0 Å². The van der Waals surface area contributed by atoms with Gasteiger partial charge in [-0.2, -0.15) is 0 Å². The van der Waals surface area contributed by atoms with E-state index < -0.39 is 0 Å². The molecule has 0 saturated carbocycles. The lowest BCUT2D eigenvalue weighted by molar-refractivity contribution is -0.124. The molecule has 0 radical (unpaired) electrons. The molecule has 1 saturated heterocycles. The smallest absolute Gasteiger partial charge is 0.237 e. The zero-order chi connectivity index (χ0) is 9.97. The number of rotatable bonds is 1. The van der Waals surface area contributed by atoms with Crippen LogP contribution >= 0.6 is 0 Å². The minimum Gasteiger partial charge on any atom is -0.348 e. The molecule has 0 aliphatic carbocycles. The Labute approximate surface area is 83.3 Å². The number of carbonyl (C=O) groups is 1. The van der Waals surface area contributed by atoms with Crippen molar-refractivity contribution >= 4 is 5.91 Å². The van der Waals surface area contributed by atoms with Crippen molar-refractivity contribution in [3.63, 3.8) is 0 Å². The second-order valence-electron chi connectivity index (χ2n) is 3.66. The van der Waals surface area contributed by atoms with Crippen molar-refractivity contribution in [2.24, 2.45) is 5.73 Å².